The summed E-state index contributed by atoms with van der Waals surface area (Å²) in [5.41, 5.74) is 9.83. The zero-order chi connectivity index (χ0) is 15.7. The van der Waals surface area contributed by atoms with Crippen LogP contribution in [-0.4, -0.2) is 86.3 Å². The number of alkyl halides is 1. The molecule has 0 saturated carbocycles. The van der Waals surface area contributed by atoms with Gasteiger partial charge in [-0.15, -0.1) is 0 Å². The number of nitrogens with two attached hydrogens (primary N) is 2. The van der Waals surface area contributed by atoms with Crippen molar-refractivity contribution in [3.63, 3.8) is 0 Å². The van der Waals surface area contributed by atoms with Gasteiger partial charge in [0.15, 0.2) is 0 Å². The molecule has 2 amide bonds. The van der Waals surface area contributed by atoms with Gasteiger partial charge in [0.25, 0.3) is 0 Å². The quantitative estimate of drug-likeness (QED) is 0.589. The van der Waals surface area contributed by atoms with E-state index in [1.807, 2.05) is 4.90 Å². The fourth-order valence-corrected chi connectivity index (χ4v) is 2.28. The Hall–Kier alpha value is -0.930. The number of carbonyl (C=O) groups is 2. The Morgan fingerprint density at radius 1 is 1.00 bits per heavy atom. The van der Waals surface area contributed by atoms with Gasteiger partial charge in [0.1, 0.15) is 5.56 Å². The van der Waals surface area contributed by atoms with Crippen molar-refractivity contribution in [2.75, 3.05) is 59.1 Å². The molecule has 0 aromatic rings. The highest BCUT2D eigenvalue weighted by Crippen LogP contribution is 2.04. The molecule has 1 atom stereocenters. The van der Waals surface area contributed by atoms with Gasteiger partial charge in [-0.3, -0.25) is 19.4 Å². The molecule has 1 aliphatic rings. The van der Waals surface area contributed by atoms with Crippen LogP contribution in [0.1, 0.15) is 0 Å². The van der Waals surface area contributed by atoms with E-state index in [-0.39, 0.29) is 13.1 Å². The van der Waals surface area contributed by atoms with Gasteiger partial charge in [0, 0.05) is 26.2 Å². The summed E-state index contributed by atoms with van der Waals surface area (Å²) >= 11 is 6.08. The van der Waals surface area contributed by atoms with Crippen molar-refractivity contribution < 1.29 is 19.1 Å². The SMILES string of the molecule is NC(=O)CN1CCOCCN(CC(N)=O)CC(Cl)OCC1. The van der Waals surface area contributed by atoms with Crippen LogP contribution in [-0.2, 0) is 19.1 Å². The van der Waals surface area contributed by atoms with Gasteiger partial charge < -0.3 is 20.9 Å². The summed E-state index contributed by atoms with van der Waals surface area (Å²) in [5.74, 6) is -0.809. The molecule has 1 aliphatic heterocycles. The summed E-state index contributed by atoms with van der Waals surface area (Å²) in [6, 6.07) is 0. The predicted molar refractivity (Wildman–Crippen MR) is 77.7 cm³/mol. The van der Waals surface area contributed by atoms with Crippen LogP contribution in [0.3, 0.4) is 0 Å². The molecule has 9 heteroatoms. The fraction of sp³-hybridized carbons (Fsp3) is 0.833. The first kappa shape index (κ1) is 18.1. The van der Waals surface area contributed by atoms with E-state index < -0.39 is 17.4 Å². The number of amides is 2. The van der Waals surface area contributed by atoms with Crippen molar-refractivity contribution in [1.82, 2.24) is 9.80 Å². The minimum absolute atomic E-state index is 0.115. The zero-order valence-electron chi connectivity index (χ0n) is 12.0. The van der Waals surface area contributed by atoms with E-state index >= 15 is 0 Å². The third kappa shape index (κ3) is 8.84. The molecule has 1 rings (SSSR count). The van der Waals surface area contributed by atoms with Crippen molar-refractivity contribution in [2.24, 2.45) is 11.5 Å². The Morgan fingerprint density at radius 2 is 1.52 bits per heavy atom. The van der Waals surface area contributed by atoms with Gasteiger partial charge in [-0.25, -0.2) is 0 Å². The molecule has 0 spiro atoms. The Labute approximate surface area is 129 Å². The largest absolute Gasteiger partial charge is 0.379 e. The number of ether oxygens (including phenoxy) is 2. The first-order valence-corrected chi connectivity index (χ1v) is 7.25. The molecule has 0 bridgehead atoms. The van der Waals surface area contributed by atoms with Crippen LogP contribution < -0.4 is 11.5 Å². The minimum atomic E-state index is -0.556. The minimum Gasteiger partial charge on any atom is -0.379 e. The maximum atomic E-state index is 11.0. The van der Waals surface area contributed by atoms with E-state index in [4.69, 9.17) is 32.5 Å². The average molecular weight is 323 g/mol. The number of rotatable bonds is 4. The standard InChI is InChI=1S/C12H23ClN4O4/c13-10-7-17(9-12(15)19)2-5-20-4-1-16(3-6-21-10)8-11(14)18/h10H,1-9H2,(H2,14,18)(H2,15,19). The van der Waals surface area contributed by atoms with Crippen molar-refractivity contribution in [3.8, 4) is 0 Å². The molecule has 0 aromatic carbocycles. The summed E-state index contributed by atoms with van der Waals surface area (Å²) in [6.45, 7) is 3.59. The van der Waals surface area contributed by atoms with Crippen LogP contribution in [0.2, 0.25) is 0 Å². The van der Waals surface area contributed by atoms with Crippen LogP contribution in [0, 0.1) is 0 Å². The van der Waals surface area contributed by atoms with E-state index in [0.717, 1.165) is 0 Å². The predicted octanol–water partition coefficient (Wildman–Crippen LogP) is -1.83. The molecular formula is C12H23ClN4O4. The van der Waals surface area contributed by atoms with Gasteiger partial charge in [0.05, 0.1) is 32.9 Å². The molecule has 0 aromatic heterocycles. The molecule has 0 radical (unpaired) electrons. The van der Waals surface area contributed by atoms with Crippen LogP contribution in [0.4, 0.5) is 0 Å². The van der Waals surface area contributed by atoms with Gasteiger partial charge in [-0.05, 0) is 0 Å². The first-order valence-electron chi connectivity index (χ1n) is 6.82. The van der Waals surface area contributed by atoms with Gasteiger partial charge in [0.2, 0.25) is 11.8 Å². The molecule has 4 N–H and O–H groups in total. The fourth-order valence-electron chi connectivity index (χ4n) is 2.00. The third-order valence-corrected chi connectivity index (χ3v) is 3.23. The summed E-state index contributed by atoms with van der Waals surface area (Å²) in [5, 5.41) is 0. The molecule has 8 nitrogen and oxygen atoms in total. The first-order chi connectivity index (χ1) is 9.97. The number of primary amides is 2. The molecule has 1 heterocycles. The van der Waals surface area contributed by atoms with E-state index in [9.17, 15) is 9.59 Å². The molecule has 122 valence electrons. The second kappa shape index (κ2) is 9.91. The Morgan fingerprint density at radius 3 is 2.14 bits per heavy atom. The highest BCUT2D eigenvalue weighted by Gasteiger charge is 2.16. The summed E-state index contributed by atoms with van der Waals surface area (Å²) < 4.78 is 11.0. The number of halogens is 1. The summed E-state index contributed by atoms with van der Waals surface area (Å²) in [4.78, 5) is 25.6. The Kier molecular flexibility index (Phi) is 8.55. The van der Waals surface area contributed by atoms with Gasteiger partial charge in [-0.2, -0.15) is 0 Å². The lowest BCUT2D eigenvalue weighted by atomic mass is 10.4. The molecule has 21 heavy (non-hydrogen) atoms. The van der Waals surface area contributed by atoms with Crippen molar-refractivity contribution >= 4 is 23.4 Å². The smallest absolute Gasteiger partial charge is 0.231 e. The van der Waals surface area contributed by atoms with Crippen molar-refractivity contribution in [2.45, 2.75) is 5.56 Å². The molecule has 1 unspecified atom stereocenters. The van der Waals surface area contributed by atoms with Crippen LogP contribution in [0.25, 0.3) is 0 Å². The molecular weight excluding hydrogens is 300 g/mol. The van der Waals surface area contributed by atoms with E-state index in [0.29, 0.717) is 46.0 Å². The van der Waals surface area contributed by atoms with Crippen molar-refractivity contribution in [3.05, 3.63) is 0 Å². The second-order valence-corrected chi connectivity index (χ2v) is 5.32. The maximum Gasteiger partial charge on any atom is 0.231 e. The van der Waals surface area contributed by atoms with E-state index in [1.165, 1.54) is 0 Å². The lowest BCUT2D eigenvalue weighted by Gasteiger charge is -2.26. The molecule has 1 fully saturated rings. The second-order valence-electron chi connectivity index (χ2n) is 4.84. The highest BCUT2D eigenvalue weighted by atomic mass is 35.5. The van der Waals surface area contributed by atoms with Gasteiger partial charge in [-0.1, -0.05) is 11.6 Å². The third-order valence-electron chi connectivity index (χ3n) is 2.97. The topological polar surface area (TPSA) is 111 Å². The lowest BCUT2D eigenvalue weighted by molar-refractivity contribution is -0.119. The Bertz CT molecular complexity index is 345. The van der Waals surface area contributed by atoms with E-state index in [1.54, 1.807) is 4.90 Å². The molecule has 0 aliphatic carbocycles. The van der Waals surface area contributed by atoms with Crippen LogP contribution in [0.15, 0.2) is 0 Å². The average Bonchev–Trinajstić information content (AvgIpc) is 2.34. The van der Waals surface area contributed by atoms with Crippen molar-refractivity contribution in [1.29, 1.82) is 0 Å². The van der Waals surface area contributed by atoms with E-state index in [2.05, 4.69) is 0 Å². The number of carbonyl (C=O) groups excluding carboxylic acids is 2. The van der Waals surface area contributed by atoms with Crippen LogP contribution in [0.5, 0.6) is 0 Å². The zero-order valence-corrected chi connectivity index (χ0v) is 12.8. The maximum absolute atomic E-state index is 11.0. The van der Waals surface area contributed by atoms with Gasteiger partial charge >= 0.3 is 0 Å². The number of hydrogen-bond acceptors (Lipinski definition) is 6. The monoisotopic (exact) mass is 322 g/mol. The highest BCUT2D eigenvalue weighted by molar-refractivity contribution is 6.19. The lowest BCUT2D eigenvalue weighted by Crippen LogP contribution is -2.42. The summed E-state index contributed by atoms with van der Waals surface area (Å²) in [7, 11) is 0. The van der Waals surface area contributed by atoms with Crippen LogP contribution >= 0.6 is 11.6 Å². The number of hydrogen-bond donors (Lipinski definition) is 2. The summed E-state index contributed by atoms with van der Waals surface area (Å²) in [6.07, 6.45) is 0. The number of nitrogens with zero attached hydrogens (tertiary/aromatic N) is 2. The normalized spacial score (nSPS) is 24.0. The molecule has 1 saturated heterocycles. The Balaban J connectivity index is 2.49.